The molecule has 1 aliphatic rings. The first-order valence-electron chi connectivity index (χ1n) is 9.11. The van der Waals surface area contributed by atoms with Gasteiger partial charge in [-0.25, -0.2) is 13.8 Å². The Labute approximate surface area is 166 Å². The molecule has 0 radical (unpaired) electrons. The minimum Gasteiger partial charge on any atom is -0.545 e. The maximum absolute atomic E-state index is 13.9. The summed E-state index contributed by atoms with van der Waals surface area (Å²) in [5.41, 5.74) is 6.59. The van der Waals surface area contributed by atoms with Crippen LogP contribution < -0.4 is 21.5 Å². The lowest BCUT2D eigenvalue weighted by Crippen LogP contribution is -2.55. The van der Waals surface area contributed by atoms with Crippen molar-refractivity contribution in [2.75, 3.05) is 10.6 Å². The highest BCUT2D eigenvalue weighted by Gasteiger charge is 2.44. The van der Waals surface area contributed by atoms with Crippen molar-refractivity contribution in [3.63, 3.8) is 0 Å². The Bertz CT molecular complexity index is 974. The van der Waals surface area contributed by atoms with Crippen molar-refractivity contribution in [1.29, 1.82) is 5.26 Å². The Hall–Kier alpha value is -3.25. The molecule has 9 heteroatoms. The molecule has 3 rings (SSSR count). The molecule has 0 bridgehead atoms. The third kappa shape index (κ3) is 4.43. The van der Waals surface area contributed by atoms with Crippen LogP contribution in [0.5, 0.6) is 0 Å². The van der Waals surface area contributed by atoms with Crippen molar-refractivity contribution >= 4 is 23.3 Å². The number of nitriles is 1. The summed E-state index contributed by atoms with van der Waals surface area (Å²) in [6.07, 6.45) is 0.408. The second-order valence-electron chi connectivity index (χ2n) is 7.10. The molecule has 1 heterocycles. The van der Waals surface area contributed by atoms with Crippen molar-refractivity contribution in [3.8, 4) is 6.07 Å². The first-order chi connectivity index (χ1) is 13.7. The van der Waals surface area contributed by atoms with E-state index >= 15 is 0 Å². The van der Waals surface area contributed by atoms with Crippen LogP contribution in [0.15, 0.2) is 30.3 Å². The average Bonchev–Trinajstić information content (AvgIpc) is 2.64. The van der Waals surface area contributed by atoms with E-state index in [2.05, 4.69) is 15.6 Å². The maximum atomic E-state index is 13.9. The van der Waals surface area contributed by atoms with Crippen LogP contribution in [-0.4, -0.2) is 29.0 Å². The Kier molecular flexibility index (Phi) is 5.66. The van der Waals surface area contributed by atoms with Gasteiger partial charge in [0.05, 0.1) is 23.1 Å². The van der Waals surface area contributed by atoms with E-state index in [0.29, 0.717) is 12.1 Å². The average molecular weight is 400 g/mol. The zero-order chi connectivity index (χ0) is 21.2. The Morgan fingerprint density at radius 3 is 2.83 bits per heavy atom. The minimum absolute atomic E-state index is 0.0832. The van der Waals surface area contributed by atoms with Gasteiger partial charge in [-0.3, -0.25) is 0 Å². The molecule has 29 heavy (non-hydrogen) atoms. The summed E-state index contributed by atoms with van der Waals surface area (Å²) in [6, 6.07) is 7.92. The van der Waals surface area contributed by atoms with E-state index in [1.54, 1.807) is 24.3 Å². The second-order valence-corrected chi connectivity index (χ2v) is 7.10. The molecule has 0 aliphatic heterocycles. The Morgan fingerprint density at radius 2 is 2.17 bits per heavy atom. The number of carboxylic acids is 1. The number of alkyl halides is 2. The summed E-state index contributed by atoms with van der Waals surface area (Å²) in [7, 11) is 0. The van der Waals surface area contributed by atoms with E-state index in [9.17, 15) is 23.9 Å². The molecule has 1 saturated carbocycles. The third-order valence-corrected chi connectivity index (χ3v) is 4.90. The van der Waals surface area contributed by atoms with Gasteiger partial charge in [0.25, 0.3) is 5.92 Å². The van der Waals surface area contributed by atoms with Crippen LogP contribution >= 0.6 is 0 Å². The highest BCUT2D eigenvalue weighted by Crippen LogP contribution is 2.34. The predicted octanol–water partition coefficient (Wildman–Crippen LogP) is 2.30. The molecule has 1 fully saturated rings. The van der Waals surface area contributed by atoms with Gasteiger partial charge in [0.15, 0.2) is 0 Å². The molecule has 1 aromatic heterocycles. The molecule has 0 saturated heterocycles. The van der Waals surface area contributed by atoms with E-state index < -0.39 is 29.5 Å². The number of nitrogens with two attached hydrogens (primary N) is 1. The van der Waals surface area contributed by atoms with Gasteiger partial charge in [0.1, 0.15) is 17.7 Å². The SMILES string of the molecule is Cc1cccc(Nc2nc(N[C@@H]3CCCC(F)(F)[C@@H]3N)cc(C#N)c2C(=O)[O-])c1. The molecule has 2 aromatic rings. The number of carbonyl (C=O) groups excluding carboxylic acids is 1. The van der Waals surface area contributed by atoms with Gasteiger partial charge in [-0.15, -0.1) is 0 Å². The minimum atomic E-state index is -3.01. The summed E-state index contributed by atoms with van der Waals surface area (Å²) in [5, 5.41) is 26.7. The molecule has 1 aliphatic carbocycles. The quantitative estimate of drug-likeness (QED) is 0.703. The Balaban J connectivity index is 1.98. The first kappa shape index (κ1) is 20.5. The zero-order valence-corrected chi connectivity index (χ0v) is 15.7. The summed E-state index contributed by atoms with van der Waals surface area (Å²) in [4.78, 5) is 15.8. The van der Waals surface area contributed by atoms with Gasteiger partial charge >= 0.3 is 0 Å². The number of aromatic nitrogens is 1. The highest BCUT2D eigenvalue weighted by atomic mass is 19.3. The molecular weight excluding hydrogens is 380 g/mol. The summed E-state index contributed by atoms with van der Waals surface area (Å²) >= 11 is 0. The van der Waals surface area contributed by atoms with Crippen molar-refractivity contribution < 1.29 is 18.7 Å². The Morgan fingerprint density at radius 1 is 1.41 bits per heavy atom. The van der Waals surface area contributed by atoms with E-state index in [-0.39, 0.29) is 30.0 Å². The van der Waals surface area contributed by atoms with E-state index in [4.69, 9.17) is 5.73 Å². The number of aromatic carboxylic acids is 1. The summed E-state index contributed by atoms with van der Waals surface area (Å²) in [6.45, 7) is 1.86. The van der Waals surface area contributed by atoms with E-state index in [0.717, 1.165) is 5.56 Å². The summed E-state index contributed by atoms with van der Waals surface area (Å²) in [5.74, 6) is -4.62. The number of hydrogen-bond donors (Lipinski definition) is 3. The standard InChI is InChI=1S/C20H21F2N5O2/c1-11-4-2-5-13(8-11)25-18-16(19(28)29)12(10-23)9-15(27-18)26-14-6-3-7-20(21,22)17(14)24/h2,4-5,8-9,14,17H,3,6-7,24H2,1H3,(H,28,29)(H2,25,26,27)/p-1/t14-,17-/m1/s1. The maximum Gasteiger partial charge on any atom is 0.264 e. The van der Waals surface area contributed by atoms with Crippen LogP contribution in [-0.2, 0) is 0 Å². The van der Waals surface area contributed by atoms with Crippen LogP contribution in [0.2, 0.25) is 0 Å². The normalized spacial score (nSPS) is 20.5. The van der Waals surface area contributed by atoms with Gasteiger partial charge in [-0.05, 0) is 43.5 Å². The largest absolute Gasteiger partial charge is 0.545 e. The monoisotopic (exact) mass is 400 g/mol. The molecule has 152 valence electrons. The van der Waals surface area contributed by atoms with Crippen LogP contribution in [0.3, 0.4) is 0 Å². The number of rotatable bonds is 5. The lowest BCUT2D eigenvalue weighted by Gasteiger charge is -2.36. The fraction of sp³-hybridized carbons (Fsp3) is 0.350. The number of carboxylic acid groups (broad SMARTS) is 1. The number of anilines is 3. The van der Waals surface area contributed by atoms with E-state index in [1.807, 2.05) is 13.0 Å². The van der Waals surface area contributed by atoms with Gasteiger partial charge in [-0.2, -0.15) is 5.26 Å². The number of pyridine rings is 1. The molecule has 1 aromatic carbocycles. The van der Waals surface area contributed by atoms with Crippen LogP contribution in [0.25, 0.3) is 0 Å². The molecule has 7 nitrogen and oxygen atoms in total. The number of aryl methyl sites for hydroxylation is 1. The number of benzene rings is 1. The molecule has 0 spiro atoms. The van der Waals surface area contributed by atoms with Gasteiger partial charge in [-0.1, -0.05) is 12.1 Å². The molecule has 2 atom stereocenters. The zero-order valence-electron chi connectivity index (χ0n) is 15.7. The number of halogens is 2. The fourth-order valence-electron chi connectivity index (χ4n) is 3.41. The van der Waals surface area contributed by atoms with E-state index in [1.165, 1.54) is 6.07 Å². The van der Waals surface area contributed by atoms with Crippen LogP contribution in [0, 0.1) is 18.3 Å². The molecule has 0 amide bonds. The molecule has 4 N–H and O–H groups in total. The van der Waals surface area contributed by atoms with Crippen molar-refractivity contribution in [2.24, 2.45) is 5.73 Å². The van der Waals surface area contributed by atoms with Gasteiger partial charge < -0.3 is 26.3 Å². The number of nitrogens with zero attached hydrogens (tertiary/aromatic N) is 2. The molecule has 0 unspecified atom stereocenters. The number of nitrogens with one attached hydrogen (secondary N) is 2. The second kappa shape index (κ2) is 8.01. The van der Waals surface area contributed by atoms with Crippen LogP contribution in [0.4, 0.5) is 26.1 Å². The lowest BCUT2D eigenvalue weighted by molar-refractivity contribution is -0.254. The topological polar surface area (TPSA) is 127 Å². The van der Waals surface area contributed by atoms with Crippen molar-refractivity contribution in [1.82, 2.24) is 4.98 Å². The van der Waals surface area contributed by atoms with Gasteiger partial charge in [0.2, 0.25) is 0 Å². The van der Waals surface area contributed by atoms with Crippen molar-refractivity contribution in [3.05, 3.63) is 47.0 Å². The third-order valence-electron chi connectivity index (χ3n) is 4.90. The smallest absolute Gasteiger partial charge is 0.264 e. The number of hydrogen-bond acceptors (Lipinski definition) is 7. The predicted molar refractivity (Wildman–Crippen MR) is 102 cm³/mol. The van der Waals surface area contributed by atoms with Gasteiger partial charge in [0, 0.05) is 18.2 Å². The first-order valence-corrected chi connectivity index (χ1v) is 9.11. The lowest BCUT2D eigenvalue weighted by atomic mass is 9.87. The molecular formula is C20H20F2N5O2-. The summed E-state index contributed by atoms with van der Waals surface area (Å²) < 4.78 is 27.9. The van der Waals surface area contributed by atoms with Crippen LogP contribution in [0.1, 0.15) is 40.7 Å². The number of carbonyl (C=O) groups is 1. The highest BCUT2D eigenvalue weighted by molar-refractivity contribution is 5.96. The van der Waals surface area contributed by atoms with Crippen molar-refractivity contribution in [2.45, 2.75) is 44.2 Å². The fourth-order valence-corrected chi connectivity index (χ4v) is 3.41.